The Morgan fingerprint density at radius 1 is 1.21 bits per heavy atom. The van der Waals surface area contributed by atoms with E-state index in [1.165, 1.54) is 11.3 Å². The van der Waals surface area contributed by atoms with Crippen LogP contribution in [0.15, 0.2) is 24.3 Å². The van der Waals surface area contributed by atoms with Gasteiger partial charge in [0.1, 0.15) is 6.23 Å². The molecule has 2 nitrogen and oxygen atoms in total. The molecule has 1 N–H and O–H groups in total. The summed E-state index contributed by atoms with van der Waals surface area (Å²) in [6.07, 6.45) is 0.572. The summed E-state index contributed by atoms with van der Waals surface area (Å²) in [5.74, 6) is 1.15. The summed E-state index contributed by atoms with van der Waals surface area (Å²) in [7, 11) is 0. The van der Waals surface area contributed by atoms with Crippen molar-refractivity contribution < 1.29 is 4.74 Å². The molecule has 14 heavy (non-hydrogen) atoms. The molecule has 0 amide bonds. The summed E-state index contributed by atoms with van der Waals surface area (Å²) >= 11 is 0. The molecule has 0 saturated carbocycles. The fourth-order valence-electron chi connectivity index (χ4n) is 2.65. The Morgan fingerprint density at radius 3 is 2.86 bits per heavy atom. The van der Waals surface area contributed by atoms with Gasteiger partial charge in [-0.3, -0.25) is 0 Å². The fourth-order valence-corrected chi connectivity index (χ4v) is 2.65. The lowest BCUT2D eigenvalue weighted by Crippen LogP contribution is -2.17. The van der Waals surface area contributed by atoms with Crippen LogP contribution in [0.25, 0.3) is 0 Å². The first kappa shape index (κ1) is 8.30. The molecule has 0 aromatic heterocycles. The number of para-hydroxylation sites is 1. The Bertz CT molecular complexity index is 363. The van der Waals surface area contributed by atoms with Crippen molar-refractivity contribution in [3.05, 3.63) is 29.8 Å². The van der Waals surface area contributed by atoms with Crippen LogP contribution < -0.4 is 5.32 Å². The third-order valence-corrected chi connectivity index (χ3v) is 3.61. The van der Waals surface area contributed by atoms with Crippen molar-refractivity contribution in [2.45, 2.75) is 32.1 Å². The molecular formula is C12H15NO. The zero-order valence-corrected chi connectivity index (χ0v) is 8.53. The van der Waals surface area contributed by atoms with Gasteiger partial charge < -0.3 is 10.1 Å². The molecule has 1 saturated heterocycles. The van der Waals surface area contributed by atoms with Crippen LogP contribution in [0.2, 0.25) is 0 Å². The molecule has 2 heteroatoms. The van der Waals surface area contributed by atoms with Gasteiger partial charge in [0.05, 0.1) is 6.10 Å². The quantitative estimate of drug-likeness (QED) is 0.677. The van der Waals surface area contributed by atoms with Crippen molar-refractivity contribution in [2.24, 2.45) is 5.92 Å². The van der Waals surface area contributed by atoms with Gasteiger partial charge in [0.25, 0.3) is 0 Å². The minimum Gasteiger partial charge on any atom is -0.359 e. The maximum atomic E-state index is 5.87. The first-order chi connectivity index (χ1) is 6.77. The third kappa shape index (κ3) is 0.947. The van der Waals surface area contributed by atoms with Crippen LogP contribution in [-0.4, -0.2) is 12.3 Å². The monoisotopic (exact) mass is 189 g/mol. The Balaban J connectivity index is 2.05. The van der Waals surface area contributed by atoms with Gasteiger partial charge in [-0.15, -0.1) is 0 Å². The van der Waals surface area contributed by atoms with E-state index < -0.39 is 0 Å². The Morgan fingerprint density at radius 2 is 2.00 bits per heavy atom. The van der Waals surface area contributed by atoms with Crippen molar-refractivity contribution in [3.63, 3.8) is 0 Å². The molecule has 0 spiro atoms. The van der Waals surface area contributed by atoms with Gasteiger partial charge in [0.15, 0.2) is 0 Å². The number of fused-ring (bicyclic) bond motifs is 3. The minimum absolute atomic E-state index is 0.206. The standard InChI is InChI=1S/C12H15NO/c1-7-8(2)14-12-11(7)9-5-3-4-6-10(9)13-12/h3-8,11-13H,1-2H3. The topological polar surface area (TPSA) is 21.3 Å². The number of hydrogen-bond acceptors (Lipinski definition) is 2. The van der Waals surface area contributed by atoms with E-state index in [9.17, 15) is 0 Å². The third-order valence-electron chi connectivity index (χ3n) is 3.61. The van der Waals surface area contributed by atoms with Crippen LogP contribution in [0.1, 0.15) is 25.3 Å². The van der Waals surface area contributed by atoms with E-state index in [2.05, 4.69) is 43.4 Å². The van der Waals surface area contributed by atoms with Crippen LogP contribution >= 0.6 is 0 Å². The number of anilines is 1. The van der Waals surface area contributed by atoms with E-state index in [1.54, 1.807) is 0 Å². The molecule has 4 unspecified atom stereocenters. The van der Waals surface area contributed by atoms with Crippen LogP contribution in [0.4, 0.5) is 5.69 Å². The summed E-state index contributed by atoms with van der Waals surface area (Å²) in [4.78, 5) is 0. The molecule has 0 radical (unpaired) electrons. The average Bonchev–Trinajstić information content (AvgIpc) is 2.65. The van der Waals surface area contributed by atoms with Crippen molar-refractivity contribution in [1.82, 2.24) is 0 Å². The van der Waals surface area contributed by atoms with Gasteiger partial charge in [-0.25, -0.2) is 0 Å². The van der Waals surface area contributed by atoms with Crippen molar-refractivity contribution >= 4 is 5.69 Å². The lowest BCUT2D eigenvalue weighted by atomic mass is 9.87. The Labute approximate surface area is 84.3 Å². The van der Waals surface area contributed by atoms with E-state index in [0.29, 0.717) is 17.9 Å². The number of rotatable bonds is 0. The largest absolute Gasteiger partial charge is 0.359 e. The second kappa shape index (κ2) is 2.74. The lowest BCUT2D eigenvalue weighted by molar-refractivity contribution is 0.0625. The predicted molar refractivity (Wildman–Crippen MR) is 56.3 cm³/mol. The van der Waals surface area contributed by atoms with Gasteiger partial charge in [-0.1, -0.05) is 25.1 Å². The maximum absolute atomic E-state index is 5.87. The van der Waals surface area contributed by atoms with Gasteiger partial charge in [0, 0.05) is 11.6 Å². The lowest BCUT2D eigenvalue weighted by Gasteiger charge is -2.13. The highest BCUT2D eigenvalue weighted by Crippen LogP contribution is 2.47. The molecule has 0 bridgehead atoms. The second-order valence-electron chi connectivity index (χ2n) is 4.38. The summed E-state index contributed by atoms with van der Waals surface area (Å²) in [5.41, 5.74) is 2.68. The molecule has 2 heterocycles. The number of nitrogens with one attached hydrogen (secondary N) is 1. The second-order valence-corrected chi connectivity index (χ2v) is 4.38. The molecule has 4 atom stereocenters. The number of hydrogen-bond donors (Lipinski definition) is 1. The summed E-state index contributed by atoms with van der Waals surface area (Å²) < 4.78 is 5.87. The molecule has 3 rings (SSSR count). The predicted octanol–water partition coefficient (Wildman–Crippen LogP) is 2.58. The zero-order valence-electron chi connectivity index (χ0n) is 8.53. The smallest absolute Gasteiger partial charge is 0.135 e. The van der Waals surface area contributed by atoms with Gasteiger partial charge >= 0.3 is 0 Å². The molecule has 74 valence electrons. The molecule has 0 aliphatic carbocycles. The number of ether oxygens (including phenoxy) is 1. The molecule has 1 aromatic rings. The van der Waals surface area contributed by atoms with E-state index >= 15 is 0 Å². The Kier molecular flexibility index (Phi) is 1.62. The van der Waals surface area contributed by atoms with Crippen molar-refractivity contribution in [3.8, 4) is 0 Å². The molecule has 2 aliphatic heterocycles. The Hall–Kier alpha value is -1.02. The van der Waals surface area contributed by atoms with E-state index in [4.69, 9.17) is 4.74 Å². The van der Waals surface area contributed by atoms with E-state index in [1.807, 2.05) is 0 Å². The molecule has 1 fully saturated rings. The summed E-state index contributed by atoms with van der Waals surface area (Å²) in [5, 5.41) is 3.44. The summed E-state index contributed by atoms with van der Waals surface area (Å²) in [6, 6.07) is 8.53. The molecule has 2 aliphatic rings. The summed E-state index contributed by atoms with van der Waals surface area (Å²) in [6.45, 7) is 4.44. The van der Waals surface area contributed by atoms with Gasteiger partial charge in [-0.05, 0) is 24.5 Å². The van der Waals surface area contributed by atoms with Crippen molar-refractivity contribution in [1.29, 1.82) is 0 Å². The van der Waals surface area contributed by atoms with E-state index in [0.717, 1.165) is 0 Å². The van der Waals surface area contributed by atoms with Crippen LogP contribution in [-0.2, 0) is 4.74 Å². The first-order valence-electron chi connectivity index (χ1n) is 5.28. The van der Waals surface area contributed by atoms with Crippen molar-refractivity contribution in [2.75, 3.05) is 5.32 Å². The maximum Gasteiger partial charge on any atom is 0.135 e. The van der Waals surface area contributed by atoms with Gasteiger partial charge in [0.2, 0.25) is 0 Å². The average molecular weight is 189 g/mol. The fraction of sp³-hybridized carbons (Fsp3) is 0.500. The molecule has 1 aromatic carbocycles. The van der Waals surface area contributed by atoms with Crippen LogP contribution in [0.5, 0.6) is 0 Å². The normalized spacial score (nSPS) is 39.0. The highest BCUT2D eigenvalue weighted by atomic mass is 16.5. The number of benzene rings is 1. The molecular weight excluding hydrogens is 174 g/mol. The van der Waals surface area contributed by atoms with E-state index in [-0.39, 0.29) is 6.23 Å². The highest BCUT2D eigenvalue weighted by molar-refractivity contribution is 5.59. The van der Waals surface area contributed by atoms with Gasteiger partial charge in [-0.2, -0.15) is 0 Å². The highest BCUT2D eigenvalue weighted by Gasteiger charge is 2.45. The van der Waals surface area contributed by atoms with Crippen LogP contribution in [0.3, 0.4) is 0 Å². The SMILES string of the molecule is CC1OC2Nc3ccccc3C2C1C. The minimum atomic E-state index is 0.206. The first-order valence-corrected chi connectivity index (χ1v) is 5.28. The zero-order chi connectivity index (χ0) is 9.71. The van der Waals surface area contributed by atoms with Crippen LogP contribution in [0, 0.1) is 5.92 Å².